The molecule has 0 aromatic rings. The van der Waals surface area contributed by atoms with Gasteiger partial charge in [-0.25, -0.2) is 0 Å². The number of hydrogen-bond acceptors (Lipinski definition) is 4. The highest BCUT2D eigenvalue weighted by Gasteiger charge is 2.28. The number of hydrogen-bond donors (Lipinski definition) is 2. The molecule has 4 N–H and O–H groups in total. The molecule has 2 aliphatic heterocycles. The molecule has 98 valence electrons. The lowest BCUT2D eigenvalue weighted by molar-refractivity contribution is -0.119. The Morgan fingerprint density at radius 1 is 1.29 bits per heavy atom. The maximum Gasteiger partial charge on any atom is 0.234 e. The lowest BCUT2D eigenvalue weighted by Gasteiger charge is -2.26. The van der Waals surface area contributed by atoms with E-state index in [-0.39, 0.29) is 5.91 Å². The first kappa shape index (κ1) is 12.8. The highest BCUT2D eigenvalue weighted by molar-refractivity contribution is 5.79. The fourth-order valence-electron chi connectivity index (χ4n) is 2.95. The maximum atomic E-state index is 10.9. The Morgan fingerprint density at radius 2 is 2.06 bits per heavy atom. The largest absolute Gasteiger partial charge is 0.368 e. The molecule has 0 aromatic carbocycles. The van der Waals surface area contributed by atoms with Crippen molar-refractivity contribution in [3.8, 4) is 0 Å². The Balaban J connectivity index is 1.78. The Kier molecular flexibility index (Phi) is 4.36. The second kappa shape index (κ2) is 5.80. The van der Waals surface area contributed by atoms with Gasteiger partial charge in [0.25, 0.3) is 0 Å². The van der Waals surface area contributed by atoms with Crippen LogP contribution < -0.4 is 11.5 Å². The van der Waals surface area contributed by atoms with Gasteiger partial charge in [-0.2, -0.15) is 0 Å². The van der Waals surface area contributed by atoms with Gasteiger partial charge in [0.05, 0.1) is 6.04 Å². The maximum absolute atomic E-state index is 10.9. The quantitative estimate of drug-likeness (QED) is 0.685. The van der Waals surface area contributed by atoms with Crippen LogP contribution in [-0.4, -0.2) is 60.5 Å². The fourth-order valence-corrected chi connectivity index (χ4v) is 2.95. The summed E-state index contributed by atoms with van der Waals surface area (Å²) in [6, 6.07) is 0.236. The SMILES string of the molecule is NC(=O)C(N)CCN1CCCN2CCCC2C1. The van der Waals surface area contributed by atoms with E-state index in [1.807, 2.05) is 0 Å². The highest BCUT2D eigenvalue weighted by Crippen LogP contribution is 2.21. The third-order valence-corrected chi connectivity index (χ3v) is 4.01. The van der Waals surface area contributed by atoms with E-state index >= 15 is 0 Å². The van der Waals surface area contributed by atoms with Crippen LogP contribution in [0.4, 0.5) is 0 Å². The van der Waals surface area contributed by atoms with Crippen molar-refractivity contribution in [3.05, 3.63) is 0 Å². The van der Waals surface area contributed by atoms with Crippen molar-refractivity contribution in [2.75, 3.05) is 32.7 Å². The summed E-state index contributed by atoms with van der Waals surface area (Å²) in [6.45, 7) is 5.64. The summed E-state index contributed by atoms with van der Waals surface area (Å²) in [5.41, 5.74) is 10.8. The zero-order chi connectivity index (χ0) is 12.3. The molecule has 0 aromatic heterocycles. The van der Waals surface area contributed by atoms with E-state index in [0.29, 0.717) is 6.42 Å². The lowest BCUT2D eigenvalue weighted by Crippen LogP contribution is -2.41. The van der Waals surface area contributed by atoms with Crippen molar-refractivity contribution < 1.29 is 4.79 Å². The smallest absolute Gasteiger partial charge is 0.234 e. The van der Waals surface area contributed by atoms with Crippen LogP contribution in [0.3, 0.4) is 0 Å². The third-order valence-electron chi connectivity index (χ3n) is 4.01. The van der Waals surface area contributed by atoms with Gasteiger partial charge >= 0.3 is 0 Å². The number of rotatable bonds is 4. The molecule has 2 fully saturated rings. The number of amides is 1. The Bertz CT molecular complexity index is 271. The second-order valence-electron chi connectivity index (χ2n) is 5.28. The van der Waals surface area contributed by atoms with Crippen LogP contribution in [0.25, 0.3) is 0 Å². The first-order valence-corrected chi connectivity index (χ1v) is 6.68. The van der Waals surface area contributed by atoms with E-state index in [2.05, 4.69) is 9.80 Å². The standard InChI is InChI=1S/C12H24N4O/c13-11(12(14)17)4-8-15-5-2-7-16-6-1-3-10(16)9-15/h10-11H,1-9,13H2,(H2,14,17). The van der Waals surface area contributed by atoms with Gasteiger partial charge in [-0.05, 0) is 45.3 Å². The molecule has 0 spiro atoms. The summed E-state index contributed by atoms with van der Waals surface area (Å²) in [6.07, 6.45) is 4.56. The van der Waals surface area contributed by atoms with Gasteiger partial charge in [0.2, 0.25) is 5.91 Å². The molecule has 5 heteroatoms. The molecule has 2 atom stereocenters. The van der Waals surface area contributed by atoms with Crippen molar-refractivity contribution in [1.29, 1.82) is 0 Å². The predicted molar refractivity (Wildman–Crippen MR) is 67.4 cm³/mol. The topological polar surface area (TPSA) is 75.6 Å². The van der Waals surface area contributed by atoms with E-state index in [4.69, 9.17) is 11.5 Å². The average Bonchev–Trinajstić information content (AvgIpc) is 2.64. The summed E-state index contributed by atoms with van der Waals surface area (Å²) in [4.78, 5) is 15.9. The van der Waals surface area contributed by atoms with Crippen molar-refractivity contribution >= 4 is 5.91 Å². The van der Waals surface area contributed by atoms with E-state index in [0.717, 1.165) is 25.7 Å². The minimum Gasteiger partial charge on any atom is -0.368 e. The summed E-state index contributed by atoms with van der Waals surface area (Å²) < 4.78 is 0. The van der Waals surface area contributed by atoms with Gasteiger partial charge in [-0.1, -0.05) is 0 Å². The van der Waals surface area contributed by atoms with Crippen LogP contribution in [0.1, 0.15) is 25.7 Å². The number of primary amides is 1. The third kappa shape index (κ3) is 3.40. The Hall–Kier alpha value is -0.650. The molecule has 2 saturated heterocycles. The van der Waals surface area contributed by atoms with Crippen LogP contribution in [-0.2, 0) is 4.79 Å². The molecule has 0 aliphatic carbocycles. The number of nitrogens with zero attached hydrogens (tertiary/aromatic N) is 2. The molecule has 2 heterocycles. The van der Waals surface area contributed by atoms with E-state index < -0.39 is 6.04 Å². The number of carbonyl (C=O) groups is 1. The molecule has 1 amide bonds. The zero-order valence-corrected chi connectivity index (χ0v) is 10.5. The molecular weight excluding hydrogens is 216 g/mol. The van der Waals surface area contributed by atoms with Crippen LogP contribution in [0.5, 0.6) is 0 Å². The van der Waals surface area contributed by atoms with Gasteiger partial charge in [0, 0.05) is 19.1 Å². The monoisotopic (exact) mass is 240 g/mol. The Morgan fingerprint density at radius 3 is 2.82 bits per heavy atom. The van der Waals surface area contributed by atoms with E-state index in [1.165, 1.54) is 32.4 Å². The second-order valence-corrected chi connectivity index (χ2v) is 5.28. The Labute approximate surface area is 103 Å². The number of fused-ring (bicyclic) bond motifs is 1. The molecule has 0 bridgehead atoms. The van der Waals surface area contributed by atoms with Crippen LogP contribution >= 0.6 is 0 Å². The van der Waals surface area contributed by atoms with Crippen LogP contribution in [0.15, 0.2) is 0 Å². The molecule has 5 nitrogen and oxygen atoms in total. The minimum atomic E-state index is -0.488. The van der Waals surface area contributed by atoms with Gasteiger partial charge in [-0.15, -0.1) is 0 Å². The number of nitrogens with two attached hydrogens (primary N) is 2. The molecule has 2 aliphatic rings. The van der Waals surface area contributed by atoms with Gasteiger partial charge in [0.1, 0.15) is 0 Å². The molecular formula is C12H24N4O. The van der Waals surface area contributed by atoms with Crippen molar-refractivity contribution in [2.45, 2.75) is 37.8 Å². The summed E-state index contributed by atoms with van der Waals surface area (Å²) in [7, 11) is 0. The van der Waals surface area contributed by atoms with Crippen LogP contribution in [0, 0.1) is 0 Å². The number of carbonyl (C=O) groups excluding carboxylic acids is 1. The molecule has 17 heavy (non-hydrogen) atoms. The van der Waals surface area contributed by atoms with Crippen molar-refractivity contribution in [1.82, 2.24) is 9.80 Å². The molecule has 0 saturated carbocycles. The average molecular weight is 240 g/mol. The summed E-state index contributed by atoms with van der Waals surface area (Å²) >= 11 is 0. The van der Waals surface area contributed by atoms with Gasteiger partial charge in [0.15, 0.2) is 0 Å². The zero-order valence-electron chi connectivity index (χ0n) is 10.5. The van der Waals surface area contributed by atoms with Crippen molar-refractivity contribution in [3.63, 3.8) is 0 Å². The van der Waals surface area contributed by atoms with Crippen LogP contribution in [0.2, 0.25) is 0 Å². The summed E-state index contributed by atoms with van der Waals surface area (Å²) in [5, 5.41) is 0. The lowest BCUT2D eigenvalue weighted by atomic mass is 10.1. The van der Waals surface area contributed by atoms with Gasteiger partial charge < -0.3 is 16.4 Å². The predicted octanol–water partition coefficient (Wildman–Crippen LogP) is -0.641. The first-order valence-electron chi connectivity index (χ1n) is 6.68. The van der Waals surface area contributed by atoms with Gasteiger partial charge in [-0.3, -0.25) is 9.69 Å². The summed E-state index contributed by atoms with van der Waals surface area (Å²) in [5.74, 6) is -0.387. The normalized spacial score (nSPS) is 28.6. The van der Waals surface area contributed by atoms with Crippen molar-refractivity contribution in [2.24, 2.45) is 11.5 Å². The molecule has 2 rings (SSSR count). The molecule has 2 unspecified atom stereocenters. The minimum absolute atomic E-state index is 0.387. The fraction of sp³-hybridized carbons (Fsp3) is 0.917. The highest BCUT2D eigenvalue weighted by atomic mass is 16.1. The van der Waals surface area contributed by atoms with E-state index in [9.17, 15) is 4.79 Å². The first-order chi connectivity index (χ1) is 8.16. The molecule has 0 radical (unpaired) electrons. The van der Waals surface area contributed by atoms with E-state index in [1.54, 1.807) is 0 Å².